The van der Waals surface area contributed by atoms with Gasteiger partial charge in [0, 0.05) is 0 Å². The van der Waals surface area contributed by atoms with E-state index in [1.165, 1.54) is 12.3 Å². The van der Waals surface area contributed by atoms with Gasteiger partial charge in [-0.2, -0.15) is 19.4 Å². The molecule has 2 rings (SSSR count). The van der Waals surface area contributed by atoms with Gasteiger partial charge in [0.05, 0.1) is 5.56 Å². The van der Waals surface area contributed by atoms with Gasteiger partial charge in [0.15, 0.2) is 0 Å². The number of nitrogens with zero attached hydrogens (tertiary/aromatic N) is 1. The van der Waals surface area contributed by atoms with Gasteiger partial charge in [-0.25, -0.2) is 4.39 Å². The summed E-state index contributed by atoms with van der Waals surface area (Å²) in [5.74, 6) is -1.26. The van der Waals surface area contributed by atoms with E-state index >= 15 is 0 Å². The summed E-state index contributed by atoms with van der Waals surface area (Å²) in [7, 11) is 0. The molecule has 0 spiro atoms. The van der Waals surface area contributed by atoms with Gasteiger partial charge in [-0.3, -0.25) is 0 Å². The van der Waals surface area contributed by atoms with Crippen molar-refractivity contribution in [2.75, 3.05) is 0 Å². The Morgan fingerprint density at radius 2 is 1.69 bits per heavy atom. The number of rotatable bonds is 1. The maximum atomic E-state index is 13.2. The van der Waals surface area contributed by atoms with E-state index in [1.807, 2.05) is 0 Å². The molecule has 0 saturated carbocycles. The van der Waals surface area contributed by atoms with E-state index in [1.54, 1.807) is 0 Å². The van der Waals surface area contributed by atoms with Crippen molar-refractivity contribution in [3.63, 3.8) is 0 Å². The van der Waals surface area contributed by atoms with Crippen LogP contribution in [0, 0.1) is 5.82 Å². The standard InChI is InChI=1S/C9H4F4N.H2N.W/c10-8-5(7-4-14-7)2-1-3-6(8)9(11,12)13;;/h1-4H;1H2;/q2*-1;+2. The first-order valence-corrected chi connectivity index (χ1v) is 3.77. The fourth-order valence-electron chi connectivity index (χ4n) is 1.12. The maximum absolute atomic E-state index is 13.2. The number of alkyl halides is 3. The topological polar surface area (TPSA) is 47.6 Å². The second-order valence-corrected chi connectivity index (χ2v) is 2.81. The first kappa shape index (κ1) is 15.1. The summed E-state index contributed by atoms with van der Waals surface area (Å²) in [6.07, 6.45) is -3.34. The van der Waals surface area contributed by atoms with Gasteiger partial charge in [0.2, 0.25) is 0 Å². The van der Waals surface area contributed by atoms with Crippen LogP contribution in [0.2, 0.25) is 0 Å². The van der Waals surface area contributed by atoms with Crippen molar-refractivity contribution in [3.05, 3.63) is 52.8 Å². The molecule has 1 aliphatic rings. The minimum absolute atomic E-state index is 0. The molecule has 1 aromatic rings. The Labute approximate surface area is 104 Å². The van der Waals surface area contributed by atoms with Crippen LogP contribution in [0.15, 0.2) is 24.4 Å². The van der Waals surface area contributed by atoms with Crippen molar-refractivity contribution >= 4 is 5.70 Å². The third-order valence-electron chi connectivity index (χ3n) is 1.84. The van der Waals surface area contributed by atoms with Crippen LogP contribution in [-0.4, -0.2) is 0 Å². The average molecular weight is 402 g/mol. The molecule has 7 heteroatoms. The smallest absolute Gasteiger partial charge is 0.693 e. The second-order valence-electron chi connectivity index (χ2n) is 2.81. The fourth-order valence-corrected chi connectivity index (χ4v) is 1.12. The van der Waals surface area contributed by atoms with Crippen molar-refractivity contribution < 1.29 is 38.6 Å². The van der Waals surface area contributed by atoms with Crippen LogP contribution in [0.25, 0.3) is 17.2 Å². The molecule has 0 atom stereocenters. The molecule has 0 amide bonds. The summed E-state index contributed by atoms with van der Waals surface area (Å²) in [6.45, 7) is 0. The van der Waals surface area contributed by atoms with Crippen molar-refractivity contribution in [1.29, 1.82) is 0 Å². The van der Waals surface area contributed by atoms with Gasteiger partial charge in [-0.05, 0) is 11.6 Å². The van der Waals surface area contributed by atoms with E-state index in [0.29, 0.717) is 6.07 Å². The molecule has 2 nitrogen and oxygen atoms in total. The third-order valence-corrected chi connectivity index (χ3v) is 1.84. The Balaban J connectivity index is 0.00000112. The number of halogens is 4. The normalized spacial score (nSPS) is 12.9. The van der Waals surface area contributed by atoms with Crippen molar-refractivity contribution in [2.24, 2.45) is 0 Å². The van der Waals surface area contributed by atoms with Crippen LogP contribution >= 0.6 is 0 Å². The van der Waals surface area contributed by atoms with Gasteiger partial charge < -0.3 is 11.5 Å². The number of hydrogen-bond donors (Lipinski definition) is 0. The molecular formula is C9H6F4N2W. The molecule has 0 aliphatic carbocycles. The van der Waals surface area contributed by atoms with Gasteiger partial charge >= 0.3 is 27.2 Å². The predicted molar refractivity (Wildman–Crippen MR) is 48.0 cm³/mol. The zero-order chi connectivity index (χ0) is 10.3. The Morgan fingerprint density at radius 3 is 2.12 bits per heavy atom. The quantitative estimate of drug-likeness (QED) is 0.632. The van der Waals surface area contributed by atoms with E-state index in [2.05, 4.69) is 5.32 Å². The molecule has 0 saturated heterocycles. The molecule has 0 bridgehead atoms. The molecule has 2 N–H and O–H groups in total. The molecule has 16 heavy (non-hydrogen) atoms. The monoisotopic (exact) mass is 402 g/mol. The Bertz CT molecular complexity index is 414. The maximum Gasteiger partial charge on any atom is 2.00 e. The summed E-state index contributed by atoms with van der Waals surface area (Å²) in [5.41, 5.74) is -1.08. The molecule has 0 fully saturated rings. The first-order valence-electron chi connectivity index (χ1n) is 3.77. The predicted octanol–water partition coefficient (Wildman–Crippen LogP) is 4.24. The Hall–Kier alpha value is -0.872. The average Bonchev–Trinajstić information content (AvgIpc) is 2.85. The van der Waals surface area contributed by atoms with E-state index in [0.717, 1.165) is 6.07 Å². The van der Waals surface area contributed by atoms with Crippen molar-refractivity contribution in [2.45, 2.75) is 6.18 Å². The van der Waals surface area contributed by atoms with Crippen LogP contribution in [0.1, 0.15) is 11.1 Å². The molecular weight excluding hydrogens is 396 g/mol. The van der Waals surface area contributed by atoms with Gasteiger partial charge in [0.25, 0.3) is 0 Å². The van der Waals surface area contributed by atoms with Crippen LogP contribution in [0.3, 0.4) is 0 Å². The molecule has 0 radical (unpaired) electrons. The summed E-state index contributed by atoms with van der Waals surface area (Å²) < 4.78 is 49.9. The largest absolute Gasteiger partial charge is 2.00 e. The summed E-state index contributed by atoms with van der Waals surface area (Å²) >= 11 is 0. The minimum atomic E-state index is -4.66. The second kappa shape index (κ2) is 4.97. The van der Waals surface area contributed by atoms with Crippen LogP contribution in [0.5, 0.6) is 0 Å². The van der Waals surface area contributed by atoms with Crippen molar-refractivity contribution in [3.8, 4) is 0 Å². The third kappa shape index (κ3) is 2.83. The van der Waals surface area contributed by atoms with Gasteiger partial charge in [-0.1, -0.05) is 12.1 Å². The Kier molecular flexibility index (Phi) is 4.70. The zero-order valence-electron chi connectivity index (χ0n) is 7.75. The summed E-state index contributed by atoms with van der Waals surface area (Å²) in [5, 5.41) is 3.54. The van der Waals surface area contributed by atoms with E-state index in [9.17, 15) is 17.6 Å². The molecule has 1 aromatic carbocycles. The van der Waals surface area contributed by atoms with E-state index in [-0.39, 0.29) is 38.5 Å². The molecule has 0 aromatic heterocycles. The minimum Gasteiger partial charge on any atom is -0.693 e. The number of hydrogen-bond acceptors (Lipinski definition) is 0. The van der Waals surface area contributed by atoms with E-state index in [4.69, 9.17) is 0 Å². The number of nitrogens with two attached hydrogens (primary N) is 1. The molecule has 1 heterocycles. The van der Waals surface area contributed by atoms with Crippen molar-refractivity contribution in [1.82, 2.24) is 0 Å². The fraction of sp³-hybridized carbons (Fsp3) is 0.111. The SMILES string of the molecule is Fc1c(C2=C[N-]2)cccc1C(F)(F)F.[NH2-].[W+2]. The zero-order valence-corrected chi connectivity index (χ0v) is 10.7. The molecule has 1 aliphatic heterocycles. The van der Waals surface area contributed by atoms with Crippen LogP contribution in [-0.2, 0) is 27.2 Å². The van der Waals surface area contributed by atoms with Crippen LogP contribution < -0.4 is 0 Å². The van der Waals surface area contributed by atoms with Gasteiger partial charge in [0.1, 0.15) is 5.82 Å². The first-order chi connectivity index (χ1) is 6.50. The summed E-state index contributed by atoms with van der Waals surface area (Å²) in [4.78, 5) is 0. The van der Waals surface area contributed by atoms with E-state index < -0.39 is 17.6 Å². The molecule has 0 unspecified atom stereocenters. The number of benzene rings is 1. The Morgan fingerprint density at radius 1 is 1.12 bits per heavy atom. The van der Waals surface area contributed by atoms with Gasteiger partial charge in [-0.15, -0.1) is 5.70 Å². The summed E-state index contributed by atoms with van der Waals surface area (Å²) in [6, 6.07) is 3.14. The molecule has 86 valence electrons. The van der Waals surface area contributed by atoms with Crippen LogP contribution in [0.4, 0.5) is 17.6 Å².